The van der Waals surface area contributed by atoms with Gasteiger partial charge in [0.05, 0.1) is 11.0 Å². The Morgan fingerprint density at radius 1 is 1.47 bits per heavy atom. The van der Waals surface area contributed by atoms with Gasteiger partial charge in [-0.25, -0.2) is 4.98 Å². The quantitative estimate of drug-likeness (QED) is 0.935. The van der Waals surface area contributed by atoms with Gasteiger partial charge >= 0.3 is 0 Å². The molecule has 1 aromatic heterocycles. The minimum absolute atomic E-state index is 0.830. The van der Waals surface area contributed by atoms with Crippen LogP contribution in [-0.4, -0.2) is 22.6 Å². The van der Waals surface area contributed by atoms with Crippen LogP contribution in [0.5, 0.6) is 0 Å². The van der Waals surface area contributed by atoms with Gasteiger partial charge in [-0.15, -0.1) is 0 Å². The zero-order valence-electron chi connectivity index (χ0n) is 11.3. The molecule has 0 spiro atoms. The molecule has 0 saturated carbocycles. The summed E-state index contributed by atoms with van der Waals surface area (Å²) in [6.45, 7) is 5.56. The molecule has 1 aliphatic heterocycles. The van der Waals surface area contributed by atoms with Gasteiger partial charge in [0, 0.05) is 17.4 Å². The fourth-order valence-corrected chi connectivity index (χ4v) is 3.34. The van der Waals surface area contributed by atoms with Crippen LogP contribution in [0.25, 0.3) is 11.0 Å². The number of rotatable bonds is 4. The molecule has 1 saturated heterocycles. The first-order valence-corrected chi connectivity index (χ1v) is 7.92. The molecule has 102 valence electrons. The summed E-state index contributed by atoms with van der Waals surface area (Å²) >= 11 is 3.52. The number of nitrogens with one attached hydrogen (secondary N) is 1. The summed E-state index contributed by atoms with van der Waals surface area (Å²) in [5.41, 5.74) is 2.36. The van der Waals surface area contributed by atoms with Gasteiger partial charge in [0.1, 0.15) is 5.82 Å². The lowest BCUT2D eigenvalue weighted by molar-refractivity contribution is 0.516. The summed E-state index contributed by atoms with van der Waals surface area (Å²) in [5.74, 6) is 2.07. The smallest absolute Gasteiger partial charge is 0.109 e. The number of nitrogens with zero attached hydrogens (tertiary/aromatic N) is 2. The maximum Gasteiger partial charge on any atom is 0.109 e. The lowest BCUT2D eigenvalue weighted by atomic mass is 10.0. The third-order valence-electron chi connectivity index (χ3n) is 4.04. The summed E-state index contributed by atoms with van der Waals surface area (Å²) < 4.78 is 3.46. The van der Waals surface area contributed by atoms with E-state index in [-0.39, 0.29) is 0 Å². The van der Waals surface area contributed by atoms with E-state index < -0.39 is 0 Å². The molecule has 19 heavy (non-hydrogen) atoms. The Morgan fingerprint density at radius 3 is 3.11 bits per heavy atom. The summed E-state index contributed by atoms with van der Waals surface area (Å²) in [4.78, 5) is 4.82. The molecule has 1 unspecified atom stereocenters. The van der Waals surface area contributed by atoms with Crippen LogP contribution in [0.1, 0.15) is 25.6 Å². The van der Waals surface area contributed by atoms with Crippen LogP contribution in [0.15, 0.2) is 22.7 Å². The third kappa shape index (κ3) is 2.70. The molecule has 2 heterocycles. The predicted octanol–water partition coefficient (Wildman–Crippen LogP) is 3.36. The minimum Gasteiger partial charge on any atom is -0.328 e. The number of halogens is 1. The van der Waals surface area contributed by atoms with Crippen molar-refractivity contribution in [2.75, 3.05) is 13.1 Å². The molecule has 0 bridgehead atoms. The summed E-state index contributed by atoms with van der Waals surface area (Å²) in [5, 5.41) is 3.44. The number of aromatic nitrogens is 2. The second-order valence-corrected chi connectivity index (χ2v) is 6.22. The first-order chi connectivity index (χ1) is 9.28. The van der Waals surface area contributed by atoms with Crippen LogP contribution in [0, 0.1) is 5.92 Å². The lowest BCUT2D eigenvalue weighted by Gasteiger charge is -2.09. The van der Waals surface area contributed by atoms with E-state index in [4.69, 9.17) is 4.98 Å². The maximum absolute atomic E-state index is 4.82. The highest BCUT2D eigenvalue weighted by atomic mass is 79.9. The highest BCUT2D eigenvalue weighted by Gasteiger charge is 2.16. The van der Waals surface area contributed by atoms with Gasteiger partial charge < -0.3 is 9.88 Å². The van der Waals surface area contributed by atoms with E-state index in [1.54, 1.807) is 0 Å². The SMILES string of the molecule is CCn1c(CCC2CCNC2)nc2cc(Br)ccc21. The summed E-state index contributed by atoms with van der Waals surface area (Å²) in [6.07, 6.45) is 3.65. The van der Waals surface area contributed by atoms with Crippen LogP contribution in [0.4, 0.5) is 0 Å². The van der Waals surface area contributed by atoms with Crippen molar-refractivity contribution in [3.8, 4) is 0 Å². The second-order valence-electron chi connectivity index (χ2n) is 5.30. The number of benzene rings is 1. The van der Waals surface area contributed by atoms with E-state index in [1.165, 1.54) is 37.3 Å². The van der Waals surface area contributed by atoms with Crippen molar-refractivity contribution in [1.29, 1.82) is 0 Å². The fourth-order valence-electron chi connectivity index (χ4n) is 2.99. The molecular formula is C15H20BrN3. The minimum atomic E-state index is 0.830. The average Bonchev–Trinajstić information content (AvgIpc) is 3.02. The normalized spacial score (nSPS) is 19.4. The van der Waals surface area contributed by atoms with E-state index in [0.717, 1.165) is 28.9 Å². The number of fused-ring (bicyclic) bond motifs is 1. The molecule has 1 aliphatic rings. The monoisotopic (exact) mass is 321 g/mol. The fraction of sp³-hybridized carbons (Fsp3) is 0.533. The van der Waals surface area contributed by atoms with Crippen LogP contribution >= 0.6 is 15.9 Å². The van der Waals surface area contributed by atoms with Crippen LogP contribution < -0.4 is 5.32 Å². The average molecular weight is 322 g/mol. The Labute approximate surface area is 122 Å². The highest BCUT2D eigenvalue weighted by molar-refractivity contribution is 9.10. The Hall–Kier alpha value is -0.870. The van der Waals surface area contributed by atoms with E-state index in [1.807, 2.05) is 0 Å². The number of hydrogen-bond donors (Lipinski definition) is 1. The predicted molar refractivity (Wildman–Crippen MR) is 82.4 cm³/mol. The number of imidazole rings is 1. The molecule has 3 rings (SSSR count). The lowest BCUT2D eigenvalue weighted by Crippen LogP contribution is -2.11. The van der Waals surface area contributed by atoms with Crippen molar-refractivity contribution in [2.24, 2.45) is 5.92 Å². The maximum atomic E-state index is 4.82. The number of aryl methyl sites for hydroxylation is 2. The van der Waals surface area contributed by atoms with Gasteiger partial charge in [-0.3, -0.25) is 0 Å². The molecule has 1 aromatic carbocycles. The van der Waals surface area contributed by atoms with E-state index in [9.17, 15) is 0 Å². The van der Waals surface area contributed by atoms with Crippen molar-refractivity contribution < 1.29 is 0 Å². The first-order valence-electron chi connectivity index (χ1n) is 7.13. The molecule has 2 aromatic rings. The molecule has 1 N–H and O–H groups in total. The molecule has 1 atom stereocenters. The first kappa shape index (κ1) is 13.1. The Bertz CT molecular complexity index is 570. The molecule has 3 nitrogen and oxygen atoms in total. The standard InChI is InChI=1S/C15H20BrN3/c1-2-19-14-5-4-12(16)9-13(14)18-15(19)6-3-11-7-8-17-10-11/h4-5,9,11,17H,2-3,6-8,10H2,1H3. The molecule has 0 radical (unpaired) electrons. The molecule has 0 amide bonds. The molecule has 0 aliphatic carbocycles. The van der Waals surface area contributed by atoms with E-state index in [0.29, 0.717) is 0 Å². The van der Waals surface area contributed by atoms with Gasteiger partial charge in [-0.1, -0.05) is 15.9 Å². The third-order valence-corrected chi connectivity index (χ3v) is 4.54. The topological polar surface area (TPSA) is 29.9 Å². The van der Waals surface area contributed by atoms with Gasteiger partial charge in [0.2, 0.25) is 0 Å². The largest absolute Gasteiger partial charge is 0.328 e. The zero-order valence-corrected chi connectivity index (χ0v) is 12.9. The highest BCUT2D eigenvalue weighted by Crippen LogP contribution is 2.23. The van der Waals surface area contributed by atoms with Crippen LogP contribution in [0.2, 0.25) is 0 Å². The van der Waals surface area contributed by atoms with Crippen molar-refractivity contribution >= 4 is 27.0 Å². The van der Waals surface area contributed by atoms with Crippen LogP contribution in [-0.2, 0) is 13.0 Å². The van der Waals surface area contributed by atoms with Gasteiger partial charge in [-0.2, -0.15) is 0 Å². The zero-order chi connectivity index (χ0) is 13.2. The Balaban J connectivity index is 1.84. The van der Waals surface area contributed by atoms with Gasteiger partial charge in [0.25, 0.3) is 0 Å². The van der Waals surface area contributed by atoms with Crippen molar-refractivity contribution in [3.05, 3.63) is 28.5 Å². The second kappa shape index (κ2) is 5.63. The van der Waals surface area contributed by atoms with Crippen molar-refractivity contribution in [2.45, 2.75) is 32.7 Å². The summed E-state index contributed by atoms with van der Waals surface area (Å²) in [7, 11) is 0. The van der Waals surface area contributed by atoms with E-state index in [2.05, 4.69) is 50.9 Å². The molecule has 1 fully saturated rings. The number of hydrogen-bond acceptors (Lipinski definition) is 2. The van der Waals surface area contributed by atoms with Gasteiger partial charge in [-0.05, 0) is 57.0 Å². The Kier molecular flexibility index (Phi) is 3.89. The summed E-state index contributed by atoms with van der Waals surface area (Å²) in [6, 6.07) is 6.37. The molecular weight excluding hydrogens is 302 g/mol. The van der Waals surface area contributed by atoms with Crippen molar-refractivity contribution in [3.63, 3.8) is 0 Å². The van der Waals surface area contributed by atoms with Crippen molar-refractivity contribution in [1.82, 2.24) is 14.9 Å². The Morgan fingerprint density at radius 2 is 2.37 bits per heavy atom. The van der Waals surface area contributed by atoms with Gasteiger partial charge in [0.15, 0.2) is 0 Å². The molecule has 4 heteroatoms. The van der Waals surface area contributed by atoms with Crippen LogP contribution in [0.3, 0.4) is 0 Å². The van der Waals surface area contributed by atoms with E-state index >= 15 is 0 Å².